The lowest BCUT2D eigenvalue weighted by atomic mass is 10.1. The van der Waals surface area contributed by atoms with Crippen LogP contribution in [0.3, 0.4) is 0 Å². The summed E-state index contributed by atoms with van der Waals surface area (Å²) in [7, 11) is 0. The van der Waals surface area contributed by atoms with E-state index in [-0.39, 0.29) is 6.42 Å². The van der Waals surface area contributed by atoms with Crippen LogP contribution in [0, 0.1) is 0 Å². The number of hydrogen-bond donors (Lipinski definition) is 2. The number of carboxylic acid groups (broad SMARTS) is 1. The van der Waals surface area contributed by atoms with E-state index < -0.39 is 12.0 Å². The third-order valence-electron chi connectivity index (χ3n) is 2.07. The Morgan fingerprint density at radius 2 is 2.31 bits per heavy atom. The first-order valence-corrected chi connectivity index (χ1v) is 5.32. The molecule has 5 heteroatoms. The van der Waals surface area contributed by atoms with Gasteiger partial charge in [0, 0.05) is 0 Å². The monoisotopic (exact) mass is 243 g/mol. The average molecular weight is 244 g/mol. The smallest absolute Gasteiger partial charge is 0.320 e. The van der Waals surface area contributed by atoms with Gasteiger partial charge in [0.1, 0.15) is 11.8 Å². The van der Waals surface area contributed by atoms with Crippen molar-refractivity contribution in [2.45, 2.75) is 19.4 Å². The van der Waals surface area contributed by atoms with Crippen LogP contribution in [0.15, 0.2) is 18.2 Å². The van der Waals surface area contributed by atoms with Crippen LogP contribution < -0.4 is 10.5 Å². The summed E-state index contributed by atoms with van der Waals surface area (Å²) in [4.78, 5) is 10.6. The van der Waals surface area contributed by atoms with Crippen LogP contribution in [0.5, 0.6) is 5.75 Å². The SMILES string of the molecule is CCOc1ccc(C[C@H](N)C(=O)O)cc1Cl. The van der Waals surface area contributed by atoms with Gasteiger partial charge in [-0.25, -0.2) is 0 Å². The fourth-order valence-electron chi connectivity index (χ4n) is 1.29. The summed E-state index contributed by atoms with van der Waals surface area (Å²) in [5.74, 6) is -0.429. The molecular formula is C11H14ClNO3. The Bertz CT molecular complexity index is 381. The van der Waals surface area contributed by atoms with Crippen molar-refractivity contribution in [3.8, 4) is 5.75 Å². The van der Waals surface area contributed by atoms with Crippen molar-refractivity contribution in [3.05, 3.63) is 28.8 Å². The van der Waals surface area contributed by atoms with Crippen molar-refractivity contribution in [1.29, 1.82) is 0 Å². The van der Waals surface area contributed by atoms with E-state index in [4.69, 9.17) is 27.2 Å². The summed E-state index contributed by atoms with van der Waals surface area (Å²) in [6, 6.07) is 4.25. The quantitative estimate of drug-likeness (QED) is 0.826. The number of rotatable bonds is 5. The lowest BCUT2D eigenvalue weighted by Gasteiger charge is -2.09. The highest BCUT2D eigenvalue weighted by Gasteiger charge is 2.13. The van der Waals surface area contributed by atoms with Crippen molar-refractivity contribution >= 4 is 17.6 Å². The van der Waals surface area contributed by atoms with E-state index in [2.05, 4.69) is 0 Å². The average Bonchev–Trinajstić information content (AvgIpc) is 2.22. The fourth-order valence-corrected chi connectivity index (χ4v) is 1.54. The van der Waals surface area contributed by atoms with E-state index in [9.17, 15) is 4.79 Å². The predicted molar refractivity (Wildman–Crippen MR) is 61.9 cm³/mol. The van der Waals surface area contributed by atoms with E-state index in [1.165, 1.54) is 0 Å². The van der Waals surface area contributed by atoms with Gasteiger partial charge in [-0.1, -0.05) is 17.7 Å². The van der Waals surface area contributed by atoms with Crippen molar-refractivity contribution < 1.29 is 14.6 Å². The number of benzene rings is 1. The minimum Gasteiger partial charge on any atom is -0.492 e. The van der Waals surface area contributed by atoms with Crippen molar-refractivity contribution in [1.82, 2.24) is 0 Å². The minimum atomic E-state index is -1.02. The van der Waals surface area contributed by atoms with E-state index >= 15 is 0 Å². The zero-order valence-corrected chi connectivity index (χ0v) is 9.70. The van der Waals surface area contributed by atoms with Crippen LogP contribution in [-0.2, 0) is 11.2 Å². The topological polar surface area (TPSA) is 72.5 Å². The first kappa shape index (κ1) is 12.8. The summed E-state index contributed by atoms with van der Waals surface area (Å²) in [6.45, 7) is 2.40. The molecular weight excluding hydrogens is 230 g/mol. The molecule has 0 unspecified atom stereocenters. The van der Waals surface area contributed by atoms with Gasteiger partial charge in [0.05, 0.1) is 11.6 Å². The van der Waals surface area contributed by atoms with Gasteiger partial charge in [0.2, 0.25) is 0 Å². The molecule has 16 heavy (non-hydrogen) atoms. The standard InChI is InChI=1S/C11H14ClNO3/c1-2-16-10-4-3-7(5-8(10)12)6-9(13)11(14)15/h3-5,9H,2,6,13H2,1H3,(H,14,15)/t9-/m0/s1. The number of carboxylic acids is 1. The predicted octanol–water partition coefficient (Wildman–Crippen LogP) is 1.69. The second-order valence-electron chi connectivity index (χ2n) is 3.35. The molecule has 1 atom stereocenters. The van der Waals surface area contributed by atoms with Crippen LogP contribution in [0.25, 0.3) is 0 Å². The highest BCUT2D eigenvalue weighted by atomic mass is 35.5. The molecule has 0 fully saturated rings. The Kier molecular flexibility index (Phi) is 4.58. The molecule has 0 amide bonds. The molecule has 3 N–H and O–H groups in total. The van der Waals surface area contributed by atoms with Gasteiger partial charge >= 0.3 is 5.97 Å². The van der Waals surface area contributed by atoms with Gasteiger partial charge in [-0.2, -0.15) is 0 Å². The summed E-state index contributed by atoms with van der Waals surface area (Å²) in [5, 5.41) is 9.14. The molecule has 4 nitrogen and oxygen atoms in total. The lowest BCUT2D eigenvalue weighted by Crippen LogP contribution is -2.32. The van der Waals surface area contributed by atoms with Crippen molar-refractivity contribution in [2.75, 3.05) is 6.61 Å². The Morgan fingerprint density at radius 1 is 1.62 bits per heavy atom. The van der Waals surface area contributed by atoms with Gasteiger partial charge in [-0.3, -0.25) is 4.79 Å². The number of carbonyl (C=O) groups is 1. The molecule has 88 valence electrons. The molecule has 0 aliphatic rings. The van der Waals surface area contributed by atoms with Crippen LogP contribution >= 0.6 is 11.6 Å². The second-order valence-corrected chi connectivity index (χ2v) is 3.75. The molecule has 0 saturated carbocycles. The summed E-state index contributed by atoms with van der Waals surface area (Å²) < 4.78 is 5.26. The van der Waals surface area contributed by atoms with Crippen molar-refractivity contribution in [3.63, 3.8) is 0 Å². The third-order valence-corrected chi connectivity index (χ3v) is 2.36. The molecule has 1 rings (SSSR count). The van der Waals surface area contributed by atoms with E-state index in [0.29, 0.717) is 17.4 Å². The number of ether oxygens (including phenoxy) is 1. The molecule has 0 heterocycles. The molecule has 0 aromatic heterocycles. The Balaban J connectivity index is 2.77. The Labute approximate surface area is 99.0 Å². The summed E-state index contributed by atoms with van der Waals surface area (Å²) in [5.41, 5.74) is 6.20. The maximum Gasteiger partial charge on any atom is 0.320 e. The van der Waals surface area contributed by atoms with Gasteiger partial charge in [0.15, 0.2) is 0 Å². The van der Waals surface area contributed by atoms with E-state index in [0.717, 1.165) is 5.56 Å². The highest BCUT2D eigenvalue weighted by molar-refractivity contribution is 6.32. The molecule has 0 saturated heterocycles. The van der Waals surface area contributed by atoms with E-state index in [1.54, 1.807) is 18.2 Å². The van der Waals surface area contributed by atoms with Crippen LogP contribution in [-0.4, -0.2) is 23.7 Å². The lowest BCUT2D eigenvalue weighted by molar-refractivity contribution is -0.138. The number of nitrogens with two attached hydrogens (primary N) is 1. The molecule has 1 aromatic carbocycles. The Morgan fingerprint density at radius 3 is 2.81 bits per heavy atom. The Hall–Kier alpha value is -1.26. The largest absolute Gasteiger partial charge is 0.492 e. The molecule has 0 aliphatic heterocycles. The van der Waals surface area contributed by atoms with Gasteiger partial charge in [-0.15, -0.1) is 0 Å². The molecule has 0 bridgehead atoms. The van der Waals surface area contributed by atoms with Gasteiger partial charge < -0.3 is 15.6 Å². The number of halogens is 1. The third kappa shape index (κ3) is 3.40. The van der Waals surface area contributed by atoms with Crippen LogP contribution in [0.2, 0.25) is 5.02 Å². The molecule has 0 aliphatic carbocycles. The summed E-state index contributed by atoms with van der Waals surface area (Å²) in [6.07, 6.45) is 0.251. The van der Waals surface area contributed by atoms with E-state index in [1.807, 2.05) is 6.92 Å². The minimum absolute atomic E-state index is 0.251. The van der Waals surface area contributed by atoms with Gasteiger partial charge in [0.25, 0.3) is 0 Å². The first-order chi connectivity index (χ1) is 7.54. The first-order valence-electron chi connectivity index (χ1n) is 4.94. The molecule has 0 spiro atoms. The summed E-state index contributed by atoms with van der Waals surface area (Å²) >= 11 is 5.96. The number of hydrogen-bond acceptors (Lipinski definition) is 3. The fraction of sp³-hybridized carbons (Fsp3) is 0.364. The maximum atomic E-state index is 10.6. The zero-order chi connectivity index (χ0) is 12.1. The second kappa shape index (κ2) is 5.72. The number of aliphatic carboxylic acids is 1. The molecule has 0 radical (unpaired) electrons. The zero-order valence-electron chi connectivity index (χ0n) is 8.94. The van der Waals surface area contributed by atoms with Gasteiger partial charge in [-0.05, 0) is 31.0 Å². The van der Waals surface area contributed by atoms with Crippen molar-refractivity contribution in [2.24, 2.45) is 5.73 Å². The maximum absolute atomic E-state index is 10.6. The molecule has 1 aromatic rings. The highest BCUT2D eigenvalue weighted by Crippen LogP contribution is 2.25. The van der Waals surface area contributed by atoms with Crippen LogP contribution in [0.4, 0.5) is 0 Å². The van der Waals surface area contributed by atoms with Crippen LogP contribution in [0.1, 0.15) is 12.5 Å². The normalized spacial score (nSPS) is 12.2.